The van der Waals surface area contributed by atoms with Crippen LogP contribution in [0, 0.1) is 5.82 Å². The Bertz CT molecular complexity index is 1310. The number of imidazole rings is 1. The Labute approximate surface area is 179 Å². The van der Waals surface area contributed by atoms with Gasteiger partial charge in [0, 0.05) is 37.1 Å². The molecule has 1 saturated heterocycles. The van der Waals surface area contributed by atoms with Gasteiger partial charge in [-0.1, -0.05) is 12.1 Å². The van der Waals surface area contributed by atoms with Crippen molar-refractivity contribution in [2.24, 2.45) is 0 Å². The lowest BCUT2D eigenvalue weighted by Crippen LogP contribution is -2.54. The average molecular weight is 420 g/mol. The fourth-order valence-corrected chi connectivity index (χ4v) is 4.55. The van der Waals surface area contributed by atoms with Gasteiger partial charge in [-0.3, -0.25) is 9.20 Å². The third-order valence-corrected chi connectivity index (χ3v) is 5.72. The van der Waals surface area contributed by atoms with E-state index in [1.54, 1.807) is 6.07 Å². The molecule has 4 aromatic rings. The van der Waals surface area contributed by atoms with E-state index in [1.807, 2.05) is 40.5 Å². The number of pyridine rings is 2. The lowest BCUT2D eigenvalue weighted by Gasteiger charge is -2.37. The zero-order valence-corrected chi connectivity index (χ0v) is 17.8. The highest BCUT2D eigenvalue weighted by molar-refractivity contribution is 6.05. The van der Waals surface area contributed by atoms with Gasteiger partial charge in [-0.15, -0.1) is 0 Å². The Morgan fingerprint density at radius 3 is 2.65 bits per heavy atom. The summed E-state index contributed by atoms with van der Waals surface area (Å²) in [6.07, 6.45) is 0. The number of piperazine rings is 1. The predicted molar refractivity (Wildman–Crippen MR) is 120 cm³/mol. The van der Waals surface area contributed by atoms with Crippen LogP contribution in [0.3, 0.4) is 0 Å². The summed E-state index contributed by atoms with van der Waals surface area (Å²) < 4.78 is 17.1. The molecule has 3 aromatic heterocycles. The van der Waals surface area contributed by atoms with E-state index < -0.39 is 0 Å². The molecule has 1 aliphatic heterocycles. The molecule has 31 heavy (non-hydrogen) atoms. The van der Waals surface area contributed by atoms with Crippen molar-refractivity contribution in [3.05, 3.63) is 47.8 Å². The van der Waals surface area contributed by atoms with E-state index in [9.17, 15) is 4.79 Å². The maximum Gasteiger partial charge on any atom is 0.255 e. The Morgan fingerprint density at radius 2 is 1.90 bits per heavy atom. The van der Waals surface area contributed by atoms with E-state index >= 15 is 4.39 Å². The van der Waals surface area contributed by atoms with E-state index in [0.717, 1.165) is 11.0 Å². The fourth-order valence-electron chi connectivity index (χ4n) is 4.55. The van der Waals surface area contributed by atoms with Crippen molar-refractivity contribution in [3.63, 3.8) is 0 Å². The van der Waals surface area contributed by atoms with Gasteiger partial charge in [0.05, 0.1) is 16.6 Å². The molecule has 0 spiro atoms. The smallest absolute Gasteiger partial charge is 0.255 e. The Balaban J connectivity index is 1.80. The standard InChI is InChI=1S/C23H25FN6O/c1-4-25-23(31)16-9-15-10-17(24)22(29-11-13(2)26-14(3)12-29)28-20(15)30-19-8-6-5-7-18(19)27-21(16)30/h5-10,13-14,26H,4,11-12H2,1-3H3,(H,25,31). The number of carbonyl (C=O) groups excluding carboxylic acids is 1. The van der Waals surface area contributed by atoms with Gasteiger partial charge < -0.3 is 15.5 Å². The first-order valence-electron chi connectivity index (χ1n) is 10.7. The molecule has 1 fully saturated rings. The Morgan fingerprint density at radius 1 is 1.16 bits per heavy atom. The summed E-state index contributed by atoms with van der Waals surface area (Å²) in [6, 6.07) is 11.3. The number of hydrogen-bond acceptors (Lipinski definition) is 5. The highest BCUT2D eigenvalue weighted by Gasteiger charge is 2.26. The lowest BCUT2D eigenvalue weighted by atomic mass is 10.1. The van der Waals surface area contributed by atoms with Gasteiger partial charge in [0.15, 0.2) is 17.3 Å². The van der Waals surface area contributed by atoms with Crippen molar-refractivity contribution in [1.82, 2.24) is 25.0 Å². The van der Waals surface area contributed by atoms with Gasteiger partial charge >= 0.3 is 0 Å². The summed E-state index contributed by atoms with van der Waals surface area (Å²) in [5.74, 6) is -0.295. The third kappa shape index (κ3) is 3.27. The van der Waals surface area contributed by atoms with Gasteiger partial charge in [0.1, 0.15) is 5.65 Å². The summed E-state index contributed by atoms with van der Waals surface area (Å²) in [4.78, 5) is 24.2. The number of aromatic nitrogens is 3. The minimum Gasteiger partial charge on any atom is -0.352 e. The van der Waals surface area contributed by atoms with Crippen LogP contribution in [0.25, 0.3) is 27.7 Å². The van der Waals surface area contributed by atoms with Crippen LogP contribution in [0.4, 0.5) is 10.2 Å². The van der Waals surface area contributed by atoms with E-state index in [0.29, 0.717) is 47.7 Å². The summed E-state index contributed by atoms with van der Waals surface area (Å²) in [5, 5.41) is 6.86. The molecule has 0 radical (unpaired) electrons. The molecule has 2 unspecified atom stereocenters. The summed E-state index contributed by atoms with van der Waals surface area (Å²) in [7, 11) is 0. The molecular formula is C23H25FN6O. The van der Waals surface area contributed by atoms with Crippen LogP contribution >= 0.6 is 0 Å². The molecule has 1 amide bonds. The second-order valence-electron chi connectivity index (χ2n) is 8.26. The van der Waals surface area contributed by atoms with Crippen LogP contribution in [0.2, 0.25) is 0 Å². The van der Waals surface area contributed by atoms with E-state index in [4.69, 9.17) is 9.97 Å². The van der Waals surface area contributed by atoms with Crippen LogP contribution < -0.4 is 15.5 Å². The van der Waals surface area contributed by atoms with Crippen molar-refractivity contribution in [2.45, 2.75) is 32.9 Å². The van der Waals surface area contributed by atoms with Gasteiger partial charge in [0.25, 0.3) is 5.91 Å². The number of benzene rings is 1. The van der Waals surface area contributed by atoms with E-state index in [1.165, 1.54) is 6.07 Å². The highest BCUT2D eigenvalue weighted by atomic mass is 19.1. The van der Waals surface area contributed by atoms with Crippen molar-refractivity contribution >= 4 is 39.4 Å². The van der Waals surface area contributed by atoms with Crippen LogP contribution in [0.5, 0.6) is 0 Å². The van der Waals surface area contributed by atoms with Gasteiger partial charge in [-0.05, 0) is 45.0 Å². The molecule has 2 N–H and O–H groups in total. The van der Waals surface area contributed by atoms with Gasteiger partial charge in [-0.25, -0.2) is 14.4 Å². The van der Waals surface area contributed by atoms with Crippen molar-refractivity contribution in [2.75, 3.05) is 24.5 Å². The maximum atomic E-state index is 15.2. The number of rotatable bonds is 3. The Hall–Kier alpha value is -3.26. The Kier molecular flexibility index (Phi) is 4.74. The topological polar surface area (TPSA) is 74.6 Å². The molecule has 0 aliphatic carbocycles. The predicted octanol–water partition coefficient (Wildman–Crippen LogP) is 3.11. The number of carbonyl (C=O) groups is 1. The first-order valence-corrected chi connectivity index (χ1v) is 10.7. The van der Waals surface area contributed by atoms with Crippen molar-refractivity contribution < 1.29 is 9.18 Å². The van der Waals surface area contributed by atoms with Crippen molar-refractivity contribution in [3.8, 4) is 0 Å². The number of anilines is 1. The summed E-state index contributed by atoms with van der Waals surface area (Å²) in [6.45, 7) is 7.87. The molecule has 1 aromatic carbocycles. The number of para-hydroxylation sites is 2. The molecule has 7 nitrogen and oxygen atoms in total. The molecule has 5 rings (SSSR count). The number of hydrogen-bond donors (Lipinski definition) is 2. The fraction of sp³-hybridized carbons (Fsp3) is 0.348. The SMILES string of the molecule is CCNC(=O)c1cc2cc(F)c(N3CC(C)NC(C)C3)nc2n2c1nc1ccccc12. The molecule has 0 bridgehead atoms. The van der Waals surface area contributed by atoms with Gasteiger partial charge in [-0.2, -0.15) is 0 Å². The van der Waals surface area contributed by atoms with E-state index in [-0.39, 0.29) is 23.8 Å². The minimum atomic E-state index is -0.389. The maximum absolute atomic E-state index is 15.2. The zero-order chi connectivity index (χ0) is 21.7. The van der Waals surface area contributed by atoms with Crippen LogP contribution in [-0.4, -0.2) is 52.0 Å². The average Bonchev–Trinajstić information content (AvgIpc) is 3.12. The van der Waals surface area contributed by atoms with Crippen LogP contribution in [0.15, 0.2) is 36.4 Å². The molecule has 4 heterocycles. The second-order valence-corrected chi connectivity index (χ2v) is 8.26. The number of fused-ring (bicyclic) bond motifs is 5. The zero-order valence-electron chi connectivity index (χ0n) is 17.8. The largest absolute Gasteiger partial charge is 0.352 e. The second kappa shape index (κ2) is 7.46. The number of halogens is 1. The minimum absolute atomic E-state index is 0.231. The third-order valence-electron chi connectivity index (χ3n) is 5.72. The number of amides is 1. The molecule has 1 aliphatic rings. The quantitative estimate of drug-likeness (QED) is 0.533. The normalized spacial score (nSPS) is 19.4. The van der Waals surface area contributed by atoms with Gasteiger partial charge in [0.2, 0.25) is 0 Å². The molecular weight excluding hydrogens is 395 g/mol. The summed E-state index contributed by atoms with van der Waals surface area (Å²) >= 11 is 0. The first kappa shape index (κ1) is 19.7. The number of nitrogens with one attached hydrogen (secondary N) is 2. The molecule has 8 heteroatoms. The number of nitrogens with zero attached hydrogens (tertiary/aromatic N) is 4. The van der Waals surface area contributed by atoms with Crippen molar-refractivity contribution in [1.29, 1.82) is 0 Å². The highest BCUT2D eigenvalue weighted by Crippen LogP contribution is 2.29. The monoisotopic (exact) mass is 420 g/mol. The lowest BCUT2D eigenvalue weighted by molar-refractivity contribution is 0.0957. The first-order chi connectivity index (χ1) is 15.0. The molecule has 0 saturated carbocycles. The van der Waals surface area contributed by atoms with Crippen LogP contribution in [0.1, 0.15) is 31.1 Å². The molecule has 2 atom stereocenters. The van der Waals surface area contributed by atoms with E-state index in [2.05, 4.69) is 24.5 Å². The van der Waals surface area contributed by atoms with Crippen LogP contribution in [-0.2, 0) is 0 Å². The summed E-state index contributed by atoms with van der Waals surface area (Å²) in [5.41, 5.74) is 3.11. The molecule has 160 valence electrons.